The van der Waals surface area contributed by atoms with Crippen molar-refractivity contribution in [3.8, 4) is 11.5 Å². The minimum Gasteiger partial charge on any atom is -0.508 e. The lowest BCUT2D eigenvalue weighted by atomic mass is 9.91. The predicted octanol–water partition coefficient (Wildman–Crippen LogP) is 4.97. The fraction of sp³-hybridized carbons (Fsp3) is 0.455. The Labute approximate surface area is 248 Å². The molecule has 2 aliphatic rings. The lowest BCUT2D eigenvalue weighted by Crippen LogP contribution is -2.53. The Morgan fingerprint density at radius 3 is 2.45 bits per heavy atom. The number of amides is 1. The van der Waals surface area contributed by atoms with Crippen molar-refractivity contribution in [2.75, 3.05) is 25.0 Å². The molecular weight excluding hydrogens is 532 g/mol. The summed E-state index contributed by atoms with van der Waals surface area (Å²) in [6, 6.07) is 16.6. The lowest BCUT2D eigenvalue weighted by Gasteiger charge is -2.40. The highest BCUT2D eigenvalue weighted by atomic mass is 16.6. The van der Waals surface area contributed by atoms with Crippen molar-refractivity contribution in [3.05, 3.63) is 83.7 Å². The zero-order chi connectivity index (χ0) is 29.7. The van der Waals surface area contributed by atoms with Crippen LogP contribution in [0.4, 0.5) is 10.5 Å². The van der Waals surface area contributed by atoms with Crippen molar-refractivity contribution in [2.24, 2.45) is 0 Å². The molecule has 9 nitrogen and oxygen atoms in total. The first-order chi connectivity index (χ1) is 20.1. The smallest absolute Gasteiger partial charge is 0.410 e. The molecule has 1 aromatic heterocycles. The van der Waals surface area contributed by atoms with Gasteiger partial charge in [-0.05, 0) is 105 Å². The highest BCUT2D eigenvalue weighted by Crippen LogP contribution is 2.30. The maximum atomic E-state index is 13.1. The predicted molar refractivity (Wildman–Crippen MR) is 161 cm³/mol. The van der Waals surface area contributed by atoms with E-state index >= 15 is 0 Å². The first-order valence-corrected chi connectivity index (χ1v) is 14.7. The number of hydrogen-bond donors (Lipinski definition) is 3. The number of nitrogens with zero attached hydrogens (tertiary/aromatic N) is 3. The van der Waals surface area contributed by atoms with Gasteiger partial charge in [0.25, 0.3) is 0 Å². The average molecular weight is 575 g/mol. The number of phenols is 1. The van der Waals surface area contributed by atoms with E-state index in [-0.39, 0.29) is 24.9 Å². The number of nitrogens with one attached hydrogen (secondary N) is 1. The van der Waals surface area contributed by atoms with Crippen molar-refractivity contribution in [3.63, 3.8) is 0 Å². The summed E-state index contributed by atoms with van der Waals surface area (Å²) in [7, 11) is 0. The van der Waals surface area contributed by atoms with Gasteiger partial charge < -0.3 is 25.0 Å². The summed E-state index contributed by atoms with van der Waals surface area (Å²) in [4.78, 5) is 21.2. The summed E-state index contributed by atoms with van der Waals surface area (Å²) < 4.78 is 11.9. The van der Waals surface area contributed by atoms with Crippen LogP contribution in [0.25, 0.3) is 0 Å². The number of aromatic nitrogens is 1. The molecule has 1 unspecified atom stereocenters. The molecule has 3 N–H and O–H groups in total. The summed E-state index contributed by atoms with van der Waals surface area (Å²) in [5, 5.41) is 24.5. The third-order valence-corrected chi connectivity index (χ3v) is 7.79. The second-order valence-corrected chi connectivity index (χ2v) is 12.3. The molecule has 2 aromatic carbocycles. The molecule has 0 spiro atoms. The number of hydrogen-bond acceptors (Lipinski definition) is 8. The van der Waals surface area contributed by atoms with Crippen LogP contribution in [0.3, 0.4) is 0 Å². The Bertz CT molecular complexity index is 1320. The molecule has 1 saturated heterocycles. The zero-order valence-corrected chi connectivity index (χ0v) is 24.7. The van der Waals surface area contributed by atoms with E-state index in [0.717, 1.165) is 55.0 Å². The van der Waals surface area contributed by atoms with Gasteiger partial charge in [-0.25, -0.2) is 4.79 Å². The molecule has 3 aromatic rings. The second-order valence-electron chi connectivity index (χ2n) is 12.3. The number of likely N-dealkylation sites (tertiary alicyclic amines) is 1. The summed E-state index contributed by atoms with van der Waals surface area (Å²) in [6.45, 7) is 8.91. The highest BCUT2D eigenvalue weighted by Gasteiger charge is 2.37. The quantitative estimate of drug-likeness (QED) is 0.346. The Kier molecular flexibility index (Phi) is 9.18. The average Bonchev–Trinajstić information content (AvgIpc) is 2.96. The standard InChI is InChI=1S/C33H42N4O5/c1-33(2,3)42-32(40)37-22-25-18-27(38)7-4-24(25)19-30(37)31(39)20-35-26-5-8-28(9-6-26)41-29-12-16-36(17-13-29)21-23-10-14-34-15-11-23/h4-11,14-15,18,29-31,35,38-39H,12-13,16-17,19-22H2,1-3H3/t30?,31-/m1/s1. The number of pyridine rings is 1. The molecule has 0 radical (unpaired) electrons. The summed E-state index contributed by atoms with van der Waals surface area (Å²) in [5.41, 5.74) is 3.33. The Hall–Kier alpha value is -3.82. The van der Waals surface area contributed by atoms with E-state index in [1.54, 1.807) is 17.0 Å². The molecule has 0 bridgehead atoms. The molecule has 3 heterocycles. The van der Waals surface area contributed by atoms with Gasteiger partial charge in [0, 0.05) is 50.8 Å². The second kappa shape index (κ2) is 13.0. The van der Waals surface area contributed by atoms with E-state index in [0.29, 0.717) is 6.42 Å². The number of phenolic OH excluding ortho intramolecular Hbond substituents is 1. The van der Waals surface area contributed by atoms with Gasteiger partial charge in [0.1, 0.15) is 23.2 Å². The number of aliphatic hydroxyl groups is 1. The van der Waals surface area contributed by atoms with E-state index in [2.05, 4.69) is 27.3 Å². The lowest BCUT2D eigenvalue weighted by molar-refractivity contribution is -0.00942. The van der Waals surface area contributed by atoms with Crippen LogP contribution in [0, 0.1) is 0 Å². The van der Waals surface area contributed by atoms with E-state index in [1.165, 1.54) is 5.56 Å². The number of ether oxygens (including phenoxy) is 2. The minimum absolute atomic E-state index is 0.150. The van der Waals surface area contributed by atoms with Gasteiger partial charge in [-0.2, -0.15) is 0 Å². The van der Waals surface area contributed by atoms with E-state index in [4.69, 9.17) is 9.47 Å². The maximum absolute atomic E-state index is 13.1. The maximum Gasteiger partial charge on any atom is 0.410 e. The molecule has 1 amide bonds. The number of aliphatic hydroxyl groups excluding tert-OH is 1. The van der Waals surface area contributed by atoms with Crippen molar-refractivity contribution in [1.82, 2.24) is 14.8 Å². The molecular formula is C33H42N4O5. The van der Waals surface area contributed by atoms with E-state index in [1.807, 2.05) is 63.5 Å². The fourth-order valence-electron chi connectivity index (χ4n) is 5.59. The first kappa shape index (κ1) is 29.7. The normalized spacial score (nSPS) is 18.7. The van der Waals surface area contributed by atoms with Crippen LogP contribution in [0.5, 0.6) is 11.5 Å². The Balaban J connectivity index is 1.13. The van der Waals surface area contributed by atoms with Crippen molar-refractivity contribution < 1.29 is 24.5 Å². The van der Waals surface area contributed by atoms with Gasteiger partial charge in [0.05, 0.1) is 12.1 Å². The Morgan fingerprint density at radius 2 is 1.76 bits per heavy atom. The van der Waals surface area contributed by atoms with Gasteiger partial charge in [0.2, 0.25) is 0 Å². The molecule has 2 atom stereocenters. The number of aromatic hydroxyl groups is 1. The van der Waals surface area contributed by atoms with Gasteiger partial charge in [-0.3, -0.25) is 14.8 Å². The van der Waals surface area contributed by atoms with E-state index < -0.39 is 23.8 Å². The van der Waals surface area contributed by atoms with Crippen LogP contribution in [-0.4, -0.2) is 74.6 Å². The van der Waals surface area contributed by atoms with Crippen molar-refractivity contribution >= 4 is 11.8 Å². The van der Waals surface area contributed by atoms with Gasteiger partial charge in [-0.15, -0.1) is 0 Å². The number of benzene rings is 2. The van der Waals surface area contributed by atoms with Crippen LogP contribution in [0.15, 0.2) is 67.0 Å². The highest BCUT2D eigenvalue weighted by molar-refractivity contribution is 5.69. The third-order valence-electron chi connectivity index (χ3n) is 7.79. The van der Waals surface area contributed by atoms with Crippen LogP contribution in [0.1, 0.15) is 50.3 Å². The molecule has 0 aliphatic carbocycles. The number of piperidine rings is 1. The largest absolute Gasteiger partial charge is 0.508 e. The first-order valence-electron chi connectivity index (χ1n) is 14.7. The van der Waals surface area contributed by atoms with Crippen molar-refractivity contribution in [1.29, 1.82) is 0 Å². The number of rotatable bonds is 8. The summed E-state index contributed by atoms with van der Waals surface area (Å²) in [5.74, 6) is 0.981. The molecule has 5 rings (SSSR count). The topological polar surface area (TPSA) is 107 Å². The van der Waals surface area contributed by atoms with Crippen LogP contribution in [0.2, 0.25) is 0 Å². The zero-order valence-electron chi connectivity index (χ0n) is 24.7. The molecule has 2 aliphatic heterocycles. The third kappa shape index (κ3) is 7.92. The summed E-state index contributed by atoms with van der Waals surface area (Å²) >= 11 is 0. The number of carbonyl (C=O) groups excluding carboxylic acids is 1. The number of carbonyl (C=O) groups is 1. The minimum atomic E-state index is -0.840. The molecule has 1 fully saturated rings. The molecule has 9 heteroatoms. The molecule has 0 saturated carbocycles. The monoisotopic (exact) mass is 574 g/mol. The SMILES string of the molecule is CC(C)(C)OC(=O)N1Cc2cc(O)ccc2CC1[C@H](O)CNc1ccc(OC2CCN(Cc3ccncc3)CC2)cc1. The number of anilines is 1. The van der Waals surface area contributed by atoms with Gasteiger partial charge >= 0.3 is 6.09 Å². The van der Waals surface area contributed by atoms with Crippen LogP contribution in [-0.2, 0) is 24.2 Å². The van der Waals surface area contributed by atoms with Crippen LogP contribution < -0.4 is 10.1 Å². The van der Waals surface area contributed by atoms with Crippen molar-refractivity contribution in [2.45, 2.75) is 77.0 Å². The number of fused-ring (bicyclic) bond motifs is 1. The molecule has 224 valence electrons. The van der Waals surface area contributed by atoms with Crippen LogP contribution >= 0.6 is 0 Å². The van der Waals surface area contributed by atoms with Gasteiger partial charge in [-0.1, -0.05) is 6.07 Å². The van der Waals surface area contributed by atoms with Gasteiger partial charge in [0.15, 0.2) is 0 Å². The fourth-order valence-corrected chi connectivity index (χ4v) is 5.59. The summed E-state index contributed by atoms with van der Waals surface area (Å²) in [6.07, 6.45) is 4.97. The Morgan fingerprint density at radius 1 is 1.05 bits per heavy atom. The van der Waals surface area contributed by atoms with E-state index in [9.17, 15) is 15.0 Å². The molecule has 42 heavy (non-hydrogen) atoms.